The lowest BCUT2D eigenvalue weighted by Gasteiger charge is -2.37. The zero-order valence-corrected chi connectivity index (χ0v) is 12.0. The lowest BCUT2D eigenvalue weighted by molar-refractivity contribution is -0.131. The predicted octanol–water partition coefficient (Wildman–Crippen LogP) is 1.79. The van der Waals surface area contributed by atoms with Gasteiger partial charge in [-0.2, -0.15) is 5.26 Å². The number of aromatic nitrogens is 1. The second kappa shape index (κ2) is 6.38. The summed E-state index contributed by atoms with van der Waals surface area (Å²) in [7, 11) is 2.02. The topological polar surface area (TPSA) is 60.2 Å². The van der Waals surface area contributed by atoms with Crippen molar-refractivity contribution in [2.45, 2.75) is 32.2 Å². The van der Waals surface area contributed by atoms with E-state index in [4.69, 9.17) is 5.26 Å². The average molecular weight is 272 g/mol. The fraction of sp³-hybridized carbons (Fsp3) is 0.533. The molecule has 20 heavy (non-hydrogen) atoms. The molecule has 0 aliphatic carbocycles. The molecule has 0 spiro atoms. The van der Waals surface area contributed by atoms with Crippen LogP contribution in [0, 0.1) is 11.3 Å². The van der Waals surface area contributed by atoms with Gasteiger partial charge in [-0.25, -0.2) is 4.98 Å². The van der Waals surface area contributed by atoms with Crippen LogP contribution in [0.5, 0.6) is 0 Å². The molecule has 1 aromatic heterocycles. The van der Waals surface area contributed by atoms with E-state index in [2.05, 4.69) is 16.0 Å². The summed E-state index contributed by atoms with van der Waals surface area (Å²) in [5.41, 5.74) is 0.575. The molecule has 5 heteroatoms. The van der Waals surface area contributed by atoms with Gasteiger partial charge < -0.3 is 9.80 Å². The highest BCUT2D eigenvalue weighted by molar-refractivity contribution is 5.75. The number of pyridine rings is 1. The number of anilines is 1. The molecule has 1 amide bonds. The maximum atomic E-state index is 11.7. The fourth-order valence-electron chi connectivity index (χ4n) is 2.57. The number of carbonyl (C=O) groups excluding carboxylic acids is 1. The summed E-state index contributed by atoms with van der Waals surface area (Å²) in [6, 6.07) is 6.13. The van der Waals surface area contributed by atoms with E-state index in [9.17, 15) is 4.79 Å². The van der Waals surface area contributed by atoms with E-state index in [0.29, 0.717) is 18.0 Å². The number of amides is 1. The van der Waals surface area contributed by atoms with Crippen LogP contribution in [-0.4, -0.2) is 42.0 Å². The van der Waals surface area contributed by atoms with Crippen LogP contribution in [0.4, 0.5) is 5.82 Å². The Labute approximate surface area is 119 Å². The van der Waals surface area contributed by atoms with E-state index in [1.54, 1.807) is 12.3 Å². The van der Waals surface area contributed by atoms with E-state index >= 15 is 0 Å². The van der Waals surface area contributed by atoms with Crippen LogP contribution in [0.25, 0.3) is 0 Å². The summed E-state index contributed by atoms with van der Waals surface area (Å²) in [6.45, 7) is 3.54. The van der Waals surface area contributed by atoms with Crippen molar-refractivity contribution < 1.29 is 4.79 Å². The van der Waals surface area contributed by atoms with E-state index in [1.165, 1.54) is 0 Å². The summed E-state index contributed by atoms with van der Waals surface area (Å²) in [5, 5.41) is 8.78. The first-order chi connectivity index (χ1) is 9.65. The minimum absolute atomic E-state index is 0.239. The second-order valence-electron chi connectivity index (χ2n) is 5.09. The molecule has 1 aliphatic heterocycles. The van der Waals surface area contributed by atoms with Gasteiger partial charge in [-0.3, -0.25) is 4.79 Å². The van der Waals surface area contributed by atoms with Crippen LogP contribution in [0.1, 0.15) is 31.7 Å². The summed E-state index contributed by atoms with van der Waals surface area (Å²) in [5.74, 6) is 1.12. The zero-order chi connectivity index (χ0) is 14.5. The second-order valence-corrected chi connectivity index (χ2v) is 5.09. The van der Waals surface area contributed by atoms with Gasteiger partial charge in [0, 0.05) is 38.8 Å². The van der Waals surface area contributed by atoms with Gasteiger partial charge in [0.2, 0.25) is 5.91 Å². The molecule has 0 saturated carbocycles. The first-order valence-corrected chi connectivity index (χ1v) is 7.02. The summed E-state index contributed by atoms with van der Waals surface area (Å²) in [6.07, 6.45) is 4.10. The molecule has 1 saturated heterocycles. The van der Waals surface area contributed by atoms with Crippen LogP contribution in [-0.2, 0) is 4.79 Å². The van der Waals surface area contributed by atoms with Gasteiger partial charge >= 0.3 is 0 Å². The smallest absolute Gasteiger partial charge is 0.222 e. The first kappa shape index (κ1) is 14.3. The number of hydrogen-bond acceptors (Lipinski definition) is 4. The molecule has 0 aromatic carbocycles. The number of likely N-dealkylation sites (tertiary alicyclic amines) is 1. The lowest BCUT2D eigenvalue weighted by Crippen LogP contribution is -2.45. The molecule has 0 N–H and O–H groups in total. The molecule has 1 aliphatic rings. The van der Waals surface area contributed by atoms with Crippen molar-refractivity contribution in [1.29, 1.82) is 5.26 Å². The number of carbonyl (C=O) groups is 1. The van der Waals surface area contributed by atoms with Crippen molar-refractivity contribution >= 4 is 11.7 Å². The van der Waals surface area contributed by atoms with E-state index in [1.807, 2.05) is 24.9 Å². The Balaban J connectivity index is 1.95. The van der Waals surface area contributed by atoms with E-state index < -0.39 is 0 Å². The standard InChI is InChI=1S/C15H20N4O/c1-3-15(20)19-8-6-13(7-9-19)18(2)14-5-4-12(10-16)11-17-14/h4-5,11,13H,3,6-9H2,1-2H3. The highest BCUT2D eigenvalue weighted by atomic mass is 16.2. The molecule has 0 radical (unpaired) electrons. The van der Waals surface area contributed by atoms with Gasteiger partial charge in [0.1, 0.15) is 11.9 Å². The number of hydrogen-bond donors (Lipinski definition) is 0. The minimum atomic E-state index is 0.239. The van der Waals surface area contributed by atoms with Crippen LogP contribution >= 0.6 is 0 Å². The fourth-order valence-corrected chi connectivity index (χ4v) is 2.57. The molecule has 5 nitrogen and oxygen atoms in total. The Morgan fingerprint density at radius 1 is 1.50 bits per heavy atom. The van der Waals surface area contributed by atoms with Crippen molar-refractivity contribution in [3.05, 3.63) is 23.9 Å². The third kappa shape index (κ3) is 3.08. The summed E-state index contributed by atoms with van der Waals surface area (Å²) in [4.78, 5) is 20.1. The Morgan fingerprint density at radius 2 is 2.20 bits per heavy atom. The van der Waals surface area contributed by atoms with Crippen LogP contribution in [0.2, 0.25) is 0 Å². The number of nitriles is 1. The van der Waals surface area contributed by atoms with Crippen molar-refractivity contribution in [2.75, 3.05) is 25.0 Å². The normalized spacial score (nSPS) is 15.8. The maximum Gasteiger partial charge on any atom is 0.222 e. The van der Waals surface area contributed by atoms with Gasteiger partial charge in [0.25, 0.3) is 0 Å². The lowest BCUT2D eigenvalue weighted by atomic mass is 10.0. The molecule has 1 aromatic rings. The minimum Gasteiger partial charge on any atom is -0.357 e. The Bertz CT molecular complexity index is 498. The Hall–Kier alpha value is -2.09. The monoisotopic (exact) mass is 272 g/mol. The van der Waals surface area contributed by atoms with Gasteiger partial charge in [-0.1, -0.05) is 6.92 Å². The van der Waals surface area contributed by atoms with Crippen molar-refractivity contribution in [3.8, 4) is 6.07 Å². The Morgan fingerprint density at radius 3 is 2.70 bits per heavy atom. The summed E-state index contributed by atoms with van der Waals surface area (Å²) < 4.78 is 0. The Kier molecular flexibility index (Phi) is 4.57. The third-order valence-electron chi connectivity index (χ3n) is 3.91. The number of nitrogens with zero attached hydrogens (tertiary/aromatic N) is 4. The average Bonchev–Trinajstić information content (AvgIpc) is 2.53. The molecule has 1 fully saturated rings. The van der Waals surface area contributed by atoms with Crippen LogP contribution in [0.3, 0.4) is 0 Å². The highest BCUT2D eigenvalue weighted by Crippen LogP contribution is 2.20. The first-order valence-electron chi connectivity index (χ1n) is 7.02. The molecule has 0 atom stereocenters. The molecular weight excluding hydrogens is 252 g/mol. The molecule has 2 heterocycles. The molecular formula is C15H20N4O. The van der Waals surface area contributed by atoms with Crippen LogP contribution < -0.4 is 4.90 Å². The van der Waals surface area contributed by atoms with Crippen molar-refractivity contribution in [2.24, 2.45) is 0 Å². The van der Waals surface area contributed by atoms with E-state index in [-0.39, 0.29) is 5.91 Å². The summed E-state index contributed by atoms with van der Waals surface area (Å²) >= 11 is 0. The molecule has 0 unspecified atom stereocenters. The predicted molar refractivity (Wildman–Crippen MR) is 77.2 cm³/mol. The zero-order valence-electron chi connectivity index (χ0n) is 12.0. The number of rotatable bonds is 3. The van der Waals surface area contributed by atoms with Crippen LogP contribution in [0.15, 0.2) is 18.3 Å². The molecule has 0 bridgehead atoms. The molecule has 106 valence electrons. The van der Waals surface area contributed by atoms with Gasteiger partial charge in [0.05, 0.1) is 5.56 Å². The SMILES string of the molecule is CCC(=O)N1CCC(N(C)c2ccc(C#N)cn2)CC1. The highest BCUT2D eigenvalue weighted by Gasteiger charge is 2.25. The number of piperidine rings is 1. The van der Waals surface area contributed by atoms with Crippen molar-refractivity contribution in [1.82, 2.24) is 9.88 Å². The third-order valence-corrected chi connectivity index (χ3v) is 3.91. The van der Waals surface area contributed by atoms with Gasteiger partial charge in [0.15, 0.2) is 0 Å². The van der Waals surface area contributed by atoms with Gasteiger partial charge in [-0.05, 0) is 25.0 Å². The quantitative estimate of drug-likeness (QED) is 0.841. The van der Waals surface area contributed by atoms with Gasteiger partial charge in [-0.15, -0.1) is 0 Å². The van der Waals surface area contributed by atoms with Crippen molar-refractivity contribution in [3.63, 3.8) is 0 Å². The van der Waals surface area contributed by atoms with E-state index in [0.717, 1.165) is 31.7 Å². The largest absolute Gasteiger partial charge is 0.357 e. The molecule has 2 rings (SSSR count). The maximum absolute atomic E-state index is 11.7.